The van der Waals surface area contributed by atoms with Gasteiger partial charge in [-0.2, -0.15) is 0 Å². The van der Waals surface area contributed by atoms with E-state index < -0.39 is 23.8 Å². The van der Waals surface area contributed by atoms with Gasteiger partial charge in [-0.25, -0.2) is 0 Å². The van der Waals surface area contributed by atoms with Gasteiger partial charge in [0.25, 0.3) is 0 Å². The molecule has 0 aromatic heterocycles. The van der Waals surface area contributed by atoms with Crippen molar-refractivity contribution < 1.29 is 19.5 Å². The van der Waals surface area contributed by atoms with Crippen LogP contribution in [0.3, 0.4) is 0 Å². The summed E-state index contributed by atoms with van der Waals surface area (Å²) in [6.45, 7) is 0.552. The van der Waals surface area contributed by atoms with Gasteiger partial charge >= 0.3 is 5.97 Å². The number of rotatable bonds is 4. The quantitative estimate of drug-likeness (QED) is 0.875. The zero-order valence-corrected chi connectivity index (χ0v) is 13.1. The number of piperidine rings is 1. The lowest BCUT2D eigenvalue weighted by Crippen LogP contribution is -2.53. The smallest absolute Gasteiger partial charge is 0.307 e. The third-order valence-corrected chi connectivity index (χ3v) is 4.66. The first-order valence-electron chi connectivity index (χ1n) is 7.58. The third kappa shape index (κ3) is 3.17. The van der Waals surface area contributed by atoms with E-state index >= 15 is 0 Å². The van der Waals surface area contributed by atoms with Gasteiger partial charge in [0.2, 0.25) is 11.8 Å². The predicted molar refractivity (Wildman–Crippen MR) is 84.2 cm³/mol. The Labute approximate surface area is 138 Å². The summed E-state index contributed by atoms with van der Waals surface area (Å²) < 4.78 is 0. The van der Waals surface area contributed by atoms with Crippen LogP contribution in [0.4, 0.5) is 5.69 Å². The van der Waals surface area contributed by atoms with Gasteiger partial charge in [-0.1, -0.05) is 23.7 Å². The van der Waals surface area contributed by atoms with E-state index in [1.165, 1.54) is 0 Å². The molecule has 1 aromatic rings. The van der Waals surface area contributed by atoms with Gasteiger partial charge in [0.1, 0.15) is 6.04 Å². The molecule has 1 aromatic carbocycles. The molecule has 23 heavy (non-hydrogen) atoms. The molecule has 0 spiro atoms. The highest BCUT2D eigenvalue weighted by Gasteiger charge is 2.49. The first-order valence-corrected chi connectivity index (χ1v) is 7.96. The third-order valence-electron chi connectivity index (χ3n) is 4.34. The summed E-state index contributed by atoms with van der Waals surface area (Å²) in [5.74, 6) is -2.65. The van der Waals surface area contributed by atoms with Crippen LogP contribution in [0.2, 0.25) is 5.02 Å². The topological polar surface area (TPSA) is 86.7 Å². The second-order valence-electron chi connectivity index (χ2n) is 5.93. The first kappa shape index (κ1) is 15.8. The molecule has 1 saturated heterocycles. The van der Waals surface area contributed by atoms with Gasteiger partial charge in [-0.15, -0.1) is 0 Å². The number of halogens is 1. The van der Waals surface area contributed by atoms with Crippen LogP contribution in [-0.4, -0.2) is 35.5 Å². The van der Waals surface area contributed by atoms with Crippen molar-refractivity contribution in [3.8, 4) is 0 Å². The molecule has 1 aliphatic heterocycles. The highest BCUT2D eigenvalue weighted by Crippen LogP contribution is 2.39. The minimum absolute atomic E-state index is 0.203. The zero-order chi connectivity index (χ0) is 16.6. The number of carbonyl (C=O) groups excluding carboxylic acids is 2. The van der Waals surface area contributed by atoms with Crippen LogP contribution in [0.5, 0.6) is 0 Å². The largest absolute Gasteiger partial charge is 0.481 e. The molecule has 2 aliphatic rings. The number of anilines is 1. The molecular formula is C16H17ClN2O4. The summed E-state index contributed by atoms with van der Waals surface area (Å²) in [4.78, 5) is 37.1. The Morgan fingerprint density at radius 1 is 1.26 bits per heavy atom. The van der Waals surface area contributed by atoms with Crippen LogP contribution in [0.25, 0.3) is 0 Å². The Hall–Kier alpha value is -2.08. The number of carboxylic acid groups (broad SMARTS) is 1. The van der Waals surface area contributed by atoms with E-state index in [2.05, 4.69) is 5.32 Å². The minimum atomic E-state index is -0.960. The average Bonchev–Trinajstić information content (AvgIpc) is 3.31. The molecule has 3 rings (SSSR count). The van der Waals surface area contributed by atoms with Gasteiger partial charge in [-0.3, -0.25) is 14.4 Å². The molecule has 3 atom stereocenters. The number of hydrogen-bond donors (Lipinski definition) is 2. The van der Waals surface area contributed by atoms with Crippen molar-refractivity contribution in [3.63, 3.8) is 0 Å². The van der Waals surface area contributed by atoms with Crippen molar-refractivity contribution in [1.82, 2.24) is 5.32 Å². The number of amides is 2. The van der Waals surface area contributed by atoms with Crippen LogP contribution in [0.15, 0.2) is 24.3 Å². The lowest BCUT2D eigenvalue weighted by atomic mass is 10.0. The molecule has 7 heteroatoms. The number of nitrogens with one attached hydrogen (secondary N) is 1. The summed E-state index contributed by atoms with van der Waals surface area (Å²) in [6, 6.07) is 6.46. The molecule has 0 unspecified atom stereocenters. The lowest BCUT2D eigenvalue weighted by molar-refractivity contribution is -0.140. The second-order valence-corrected chi connectivity index (χ2v) is 6.34. The molecule has 6 nitrogen and oxygen atoms in total. The van der Waals surface area contributed by atoms with E-state index in [1.807, 2.05) is 0 Å². The summed E-state index contributed by atoms with van der Waals surface area (Å²) >= 11 is 6.14. The number of para-hydroxylation sites is 1. The summed E-state index contributed by atoms with van der Waals surface area (Å²) in [6.07, 6.45) is 1.64. The lowest BCUT2D eigenvalue weighted by Gasteiger charge is -2.33. The molecule has 0 radical (unpaired) electrons. The zero-order valence-electron chi connectivity index (χ0n) is 12.4. The molecule has 0 bridgehead atoms. The number of nitrogens with zero attached hydrogens (tertiary/aromatic N) is 1. The number of benzene rings is 1. The Morgan fingerprint density at radius 3 is 2.65 bits per heavy atom. The van der Waals surface area contributed by atoms with Crippen LogP contribution in [-0.2, 0) is 14.4 Å². The van der Waals surface area contributed by atoms with Crippen molar-refractivity contribution >= 4 is 35.1 Å². The van der Waals surface area contributed by atoms with E-state index in [-0.39, 0.29) is 11.8 Å². The van der Waals surface area contributed by atoms with E-state index in [1.54, 1.807) is 29.2 Å². The van der Waals surface area contributed by atoms with Gasteiger partial charge in [-0.05, 0) is 31.4 Å². The van der Waals surface area contributed by atoms with Crippen molar-refractivity contribution in [1.29, 1.82) is 0 Å². The number of aliphatic carboxylic acids is 1. The highest BCUT2D eigenvalue weighted by atomic mass is 35.5. The van der Waals surface area contributed by atoms with Crippen molar-refractivity contribution in [2.75, 3.05) is 11.4 Å². The summed E-state index contributed by atoms with van der Waals surface area (Å²) in [5.41, 5.74) is 0.632. The molecular weight excluding hydrogens is 320 g/mol. The Bertz CT molecular complexity index is 663. The normalized spacial score (nSPS) is 26.7. The van der Waals surface area contributed by atoms with Crippen molar-refractivity contribution in [2.45, 2.75) is 25.3 Å². The van der Waals surface area contributed by atoms with Crippen molar-refractivity contribution in [2.24, 2.45) is 11.8 Å². The van der Waals surface area contributed by atoms with Crippen LogP contribution in [0, 0.1) is 11.8 Å². The van der Waals surface area contributed by atoms with Gasteiger partial charge in [0.05, 0.1) is 22.5 Å². The van der Waals surface area contributed by atoms with E-state index in [0.29, 0.717) is 30.1 Å². The molecule has 1 heterocycles. The van der Waals surface area contributed by atoms with Gasteiger partial charge < -0.3 is 15.3 Å². The predicted octanol–water partition coefficient (Wildman–Crippen LogP) is 1.67. The SMILES string of the molecule is O=C(N[C@@H]1CCCN(c2ccccc2Cl)C1=O)[C@H]1C[C@H]1C(=O)O. The Balaban J connectivity index is 1.67. The fourth-order valence-corrected chi connectivity index (χ4v) is 3.19. The Morgan fingerprint density at radius 2 is 2.00 bits per heavy atom. The standard InChI is InChI=1S/C16H17ClN2O4/c17-11-4-1-2-6-13(11)19-7-3-5-12(15(19)21)18-14(20)9-8-10(9)16(22)23/h1-2,4,6,9-10,12H,3,5,7-8H2,(H,18,20)(H,22,23)/t9-,10+,12+/m0/s1. The summed E-state index contributed by atoms with van der Waals surface area (Å²) in [5, 5.41) is 12.1. The molecule has 122 valence electrons. The molecule has 1 aliphatic carbocycles. The second kappa shape index (κ2) is 6.20. The Kier molecular flexibility index (Phi) is 4.26. The maximum atomic E-state index is 12.6. The van der Waals surface area contributed by atoms with Crippen LogP contribution in [0.1, 0.15) is 19.3 Å². The number of carboxylic acids is 1. The monoisotopic (exact) mass is 336 g/mol. The van der Waals surface area contributed by atoms with E-state index in [4.69, 9.17) is 16.7 Å². The van der Waals surface area contributed by atoms with E-state index in [0.717, 1.165) is 6.42 Å². The molecule has 2 N–H and O–H groups in total. The van der Waals surface area contributed by atoms with E-state index in [9.17, 15) is 14.4 Å². The van der Waals surface area contributed by atoms with Crippen molar-refractivity contribution in [3.05, 3.63) is 29.3 Å². The summed E-state index contributed by atoms with van der Waals surface area (Å²) in [7, 11) is 0. The first-order chi connectivity index (χ1) is 11.0. The van der Waals surface area contributed by atoms with Gasteiger partial charge in [0, 0.05) is 6.54 Å². The minimum Gasteiger partial charge on any atom is -0.481 e. The average molecular weight is 337 g/mol. The van der Waals surface area contributed by atoms with Gasteiger partial charge in [0.15, 0.2) is 0 Å². The van der Waals surface area contributed by atoms with Crippen LogP contribution >= 0.6 is 11.6 Å². The molecule has 1 saturated carbocycles. The molecule has 2 amide bonds. The fraction of sp³-hybridized carbons (Fsp3) is 0.438. The fourth-order valence-electron chi connectivity index (χ4n) is 2.96. The van der Waals surface area contributed by atoms with Crippen LogP contribution < -0.4 is 10.2 Å². The maximum absolute atomic E-state index is 12.6. The maximum Gasteiger partial charge on any atom is 0.307 e. The highest BCUT2D eigenvalue weighted by molar-refractivity contribution is 6.33. The number of hydrogen-bond acceptors (Lipinski definition) is 3. The molecule has 2 fully saturated rings. The number of carbonyl (C=O) groups is 3.